The van der Waals surface area contributed by atoms with Gasteiger partial charge in [0.05, 0.1) is 11.4 Å². The molecule has 1 aliphatic rings. The molecule has 0 aliphatic carbocycles. The topological polar surface area (TPSA) is 41.9 Å². The molecule has 0 N–H and O–H groups in total. The summed E-state index contributed by atoms with van der Waals surface area (Å²) >= 11 is 2.16. The summed E-state index contributed by atoms with van der Waals surface area (Å²) in [5.74, 6) is 1.36. The fraction of sp³-hybridized carbons (Fsp3) is 0.100. The van der Waals surface area contributed by atoms with E-state index in [1.807, 2.05) is 30.3 Å². The molecule has 0 bridgehead atoms. The average molecular weight is 566 g/mol. The predicted molar refractivity (Wildman–Crippen MR) is 150 cm³/mol. The lowest BCUT2D eigenvalue weighted by molar-refractivity contribution is 0.632. The maximum absolute atomic E-state index is 4.77. The Balaban J connectivity index is 1.43. The van der Waals surface area contributed by atoms with E-state index in [1.54, 1.807) is 0 Å². The fourth-order valence-electron chi connectivity index (χ4n) is 4.90. The maximum atomic E-state index is 4.77. The molecule has 4 nitrogen and oxygen atoms in total. The minimum absolute atomic E-state index is 0.0704. The van der Waals surface area contributed by atoms with Crippen LogP contribution in [0.25, 0.3) is 22.8 Å². The second kappa shape index (κ2) is 8.57. The van der Waals surface area contributed by atoms with E-state index in [0.717, 1.165) is 16.8 Å². The van der Waals surface area contributed by atoms with Crippen molar-refractivity contribution in [3.05, 3.63) is 118 Å². The van der Waals surface area contributed by atoms with E-state index in [-0.39, 0.29) is 5.41 Å². The van der Waals surface area contributed by atoms with E-state index >= 15 is 0 Å². The number of hydrogen-bond acceptors (Lipinski definition) is 4. The molecule has 35 heavy (non-hydrogen) atoms. The number of rotatable bonds is 3. The van der Waals surface area contributed by atoms with Crippen molar-refractivity contribution in [2.75, 3.05) is 4.90 Å². The largest absolute Gasteiger partial charge is 0.310 e. The summed E-state index contributed by atoms with van der Waals surface area (Å²) in [6.07, 6.45) is 0. The molecule has 0 fully saturated rings. The average Bonchev–Trinajstić information content (AvgIpc) is 2.89. The van der Waals surface area contributed by atoms with Gasteiger partial charge in [-0.25, -0.2) is 15.0 Å². The van der Waals surface area contributed by atoms with Gasteiger partial charge in [-0.2, -0.15) is 0 Å². The highest BCUT2D eigenvalue weighted by molar-refractivity contribution is 14.1. The van der Waals surface area contributed by atoms with Crippen molar-refractivity contribution < 1.29 is 0 Å². The molecule has 0 radical (unpaired) electrons. The van der Waals surface area contributed by atoms with Crippen LogP contribution in [0.5, 0.6) is 0 Å². The van der Waals surface area contributed by atoms with Gasteiger partial charge in [-0.05, 0) is 47.5 Å². The minimum atomic E-state index is -0.0704. The fourth-order valence-corrected chi connectivity index (χ4v) is 5.36. The monoisotopic (exact) mass is 566 g/mol. The Labute approximate surface area is 218 Å². The molecule has 4 aromatic carbocycles. The molecule has 0 amide bonds. The van der Waals surface area contributed by atoms with Crippen LogP contribution in [0.1, 0.15) is 25.0 Å². The lowest BCUT2D eigenvalue weighted by Crippen LogP contribution is -2.30. The zero-order valence-electron chi connectivity index (χ0n) is 19.5. The highest BCUT2D eigenvalue weighted by atomic mass is 127. The SMILES string of the molecule is CC1(C)c2ccccc2N(c2ccc(-c3nc(I)nc(-c4ccccc4)n3)cc2)c2ccccc21. The third-order valence-electron chi connectivity index (χ3n) is 6.66. The quantitative estimate of drug-likeness (QED) is 0.208. The number of hydrogen-bond donors (Lipinski definition) is 0. The smallest absolute Gasteiger partial charge is 0.194 e. The van der Waals surface area contributed by atoms with E-state index in [4.69, 9.17) is 4.98 Å². The van der Waals surface area contributed by atoms with Gasteiger partial charge in [0.25, 0.3) is 0 Å². The Morgan fingerprint density at radius 3 is 1.63 bits per heavy atom. The molecule has 170 valence electrons. The summed E-state index contributed by atoms with van der Waals surface area (Å²) in [6, 6.07) is 35.9. The van der Waals surface area contributed by atoms with Gasteiger partial charge in [0.1, 0.15) is 0 Å². The summed E-state index contributed by atoms with van der Waals surface area (Å²) in [6.45, 7) is 4.61. The van der Waals surface area contributed by atoms with Gasteiger partial charge in [-0.3, -0.25) is 0 Å². The van der Waals surface area contributed by atoms with E-state index in [1.165, 1.54) is 22.5 Å². The van der Waals surface area contributed by atoms with Gasteiger partial charge in [0.15, 0.2) is 15.5 Å². The number of halogens is 1. The molecule has 5 aromatic rings. The molecule has 1 aromatic heterocycles. The highest BCUT2D eigenvalue weighted by Gasteiger charge is 2.36. The normalized spacial score (nSPS) is 13.7. The first-order valence-corrected chi connectivity index (χ1v) is 12.7. The molecule has 2 heterocycles. The first-order chi connectivity index (χ1) is 17.0. The molecule has 5 heteroatoms. The maximum Gasteiger partial charge on any atom is 0.194 e. The first kappa shape index (κ1) is 21.9. The molecule has 0 saturated heterocycles. The van der Waals surface area contributed by atoms with Crippen LogP contribution in [-0.2, 0) is 5.41 Å². The number of para-hydroxylation sites is 2. The van der Waals surface area contributed by atoms with Gasteiger partial charge in [-0.1, -0.05) is 80.6 Å². The predicted octanol–water partition coefficient (Wildman–Crippen LogP) is 7.92. The van der Waals surface area contributed by atoms with E-state index in [0.29, 0.717) is 15.5 Å². The van der Waals surface area contributed by atoms with Crippen molar-refractivity contribution >= 4 is 39.7 Å². The van der Waals surface area contributed by atoms with Crippen LogP contribution in [0, 0.1) is 3.83 Å². The van der Waals surface area contributed by atoms with Gasteiger partial charge in [-0.15, -0.1) is 0 Å². The van der Waals surface area contributed by atoms with Gasteiger partial charge < -0.3 is 4.90 Å². The number of anilines is 3. The first-order valence-electron chi connectivity index (χ1n) is 11.6. The third kappa shape index (κ3) is 3.80. The molecule has 0 saturated carbocycles. The van der Waals surface area contributed by atoms with Gasteiger partial charge in [0.2, 0.25) is 0 Å². The van der Waals surface area contributed by atoms with E-state index in [9.17, 15) is 0 Å². The molecule has 0 atom stereocenters. The number of benzene rings is 4. The second-order valence-electron chi connectivity index (χ2n) is 9.16. The van der Waals surface area contributed by atoms with E-state index < -0.39 is 0 Å². The highest BCUT2D eigenvalue weighted by Crippen LogP contribution is 2.51. The Kier molecular flexibility index (Phi) is 5.37. The Hall–Kier alpha value is -3.58. The molecule has 0 unspecified atom stereocenters. The number of fused-ring (bicyclic) bond motifs is 2. The Morgan fingerprint density at radius 2 is 1.06 bits per heavy atom. The van der Waals surface area contributed by atoms with Crippen molar-refractivity contribution in [2.45, 2.75) is 19.3 Å². The summed E-state index contributed by atoms with van der Waals surface area (Å²) in [4.78, 5) is 16.3. The zero-order chi connectivity index (χ0) is 24.0. The van der Waals surface area contributed by atoms with Crippen molar-refractivity contribution in [1.29, 1.82) is 0 Å². The van der Waals surface area contributed by atoms with Crippen LogP contribution in [0.3, 0.4) is 0 Å². The van der Waals surface area contributed by atoms with Crippen molar-refractivity contribution in [1.82, 2.24) is 15.0 Å². The molecule has 1 aliphatic heterocycles. The molecular formula is C30H23IN4. The van der Waals surface area contributed by atoms with Crippen molar-refractivity contribution in [3.8, 4) is 22.8 Å². The second-order valence-corrected chi connectivity index (χ2v) is 10.1. The lowest BCUT2D eigenvalue weighted by Gasteiger charge is -2.42. The summed E-state index contributed by atoms with van der Waals surface area (Å²) in [7, 11) is 0. The van der Waals surface area contributed by atoms with Crippen LogP contribution < -0.4 is 4.90 Å². The van der Waals surface area contributed by atoms with Crippen molar-refractivity contribution in [2.24, 2.45) is 0 Å². The van der Waals surface area contributed by atoms with Crippen molar-refractivity contribution in [3.63, 3.8) is 0 Å². The Morgan fingerprint density at radius 1 is 0.571 bits per heavy atom. The number of aromatic nitrogens is 3. The number of nitrogens with zero attached hydrogens (tertiary/aromatic N) is 4. The van der Waals surface area contributed by atoms with E-state index in [2.05, 4.69) is 124 Å². The standard InChI is InChI=1S/C30H23IN4/c1-30(2)23-12-6-8-14-25(23)35(26-15-9-7-13-24(26)30)22-18-16-21(17-19-22)28-32-27(33-29(31)34-28)20-10-4-3-5-11-20/h3-19H,1-2H3. The lowest BCUT2D eigenvalue weighted by atomic mass is 9.73. The molecule has 0 spiro atoms. The van der Waals surface area contributed by atoms with Crippen LogP contribution in [0.15, 0.2) is 103 Å². The van der Waals surface area contributed by atoms with Crippen LogP contribution in [0.4, 0.5) is 17.1 Å². The van der Waals surface area contributed by atoms with Crippen LogP contribution in [-0.4, -0.2) is 15.0 Å². The zero-order valence-corrected chi connectivity index (χ0v) is 21.6. The summed E-state index contributed by atoms with van der Waals surface area (Å²) < 4.78 is 0.677. The third-order valence-corrected chi connectivity index (χ3v) is 7.14. The van der Waals surface area contributed by atoms with Gasteiger partial charge in [0, 0.05) is 44.8 Å². The summed E-state index contributed by atoms with van der Waals surface area (Å²) in [5.41, 5.74) is 8.05. The van der Waals surface area contributed by atoms with Crippen LogP contribution in [0.2, 0.25) is 0 Å². The summed E-state index contributed by atoms with van der Waals surface area (Å²) in [5, 5.41) is 0. The van der Waals surface area contributed by atoms with Crippen LogP contribution >= 0.6 is 22.6 Å². The molecule has 6 rings (SSSR count). The molecular weight excluding hydrogens is 543 g/mol. The Bertz CT molecular complexity index is 1480. The van der Waals surface area contributed by atoms with Gasteiger partial charge >= 0.3 is 0 Å². The minimum Gasteiger partial charge on any atom is -0.310 e.